The molecule has 1 aromatic carbocycles. The fourth-order valence-electron chi connectivity index (χ4n) is 2.15. The number of nitrogens with one attached hydrogen (secondary N) is 1. The highest BCUT2D eigenvalue weighted by molar-refractivity contribution is 9.10. The van der Waals surface area contributed by atoms with Gasteiger partial charge in [-0.15, -0.1) is 0 Å². The van der Waals surface area contributed by atoms with Gasteiger partial charge in [-0.1, -0.05) is 35.0 Å². The molecule has 1 saturated heterocycles. The second kappa shape index (κ2) is 5.09. The van der Waals surface area contributed by atoms with Crippen LogP contribution in [-0.2, 0) is 4.74 Å². The average molecular weight is 298 g/mol. The second-order valence-electron chi connectivity index (χ2n) is 5.06. The van der Waals surface area contributed by atoms with Gasteiger partial charge in [0.2, 0.25) is 0 Å². The smallest absolute Gasteiger partial charge is 0.0983 e. The number of halogens is 1. The van der Waals surface area contributed by atoms with E-state index in [0.717, 1.165) is 17.4 Å². The van der Waals surface area contributed by atoms with E-state index in [1.54, 1.807) is 0 Å². The first-order chi connectivity index (χ1) is 8.04. The highest BCUT2D eigenvalue weighted by atomic mass is 79.9. The zero-order chi connectivity index (χ0) is 12.5. The molecule has 3 atom stereocenters. The van der Waals surface area contributed by atoms with Crippen LogP contribution in [-0.4, -0.2) is 18.2 Å². The molecule has 0 radical (unpaired) electrons. The molecule has 17 heavy (non-hydrogen) atoms. The van der Waals surface area contributed by atoms with E-state index >= 15 is 0 Å². The largest absolute Gasteiger partial charge is 0.364 e. The van der Waals surface area contributed by atoms with E-state index in [-0.39, 0.29) is 11.7 Å². The third-order valence-electron chi connectivity index (χ3n) is 3.61. The van der Waals surface area contributed by atoms with Crippen LogP contribution in [0.3, 0.4) is 0 Å². The van der Waals surface area contributed by atoms with E-state index in [0.29, 0.717) is 6.04 Å². The molecule has 0 aliphatic carbocycles. The Morgan fingerprint density at radius 1 is 1.41 bits per heavy atom. The quantitative estimate of drug-likeness (QED) is 0.899. The van der Waals surface area contributed by atoms with Crippen molar-refractivity contribution in [1.29, 1.82) is 0 Å². The molecule has 0 spiro atoms. The maximum absolute atomic E-state index is 6.28. The van der Waals surface area contributed by atoms with E-state index in [9.17, 15) is 0 Å². The monoisotopic (exact) mass is 297 g/mol. The molecule has 3 heteroatoms. The molecule has 94 valence electrons. The van der Waals surface area contributed by atoms with Gasteiger partial charge in [0.05, 0.1) is 11.7 Å². The lowest BCUT2D eigenvalue weighted by Gasteiger charge is -2.42. The molecular formula is C14H20BrNO. The zero-order valence-electron chi connectivity index (χ0n) is 10.7. The second-order valence-corrected chi connectivity index (χ2v) is 5.98. The Morgan fingerprint density at radius 3 is 2.65 bits per heavy atom. The van der Waals surface area contributed by atoms with Gasteiger partial charge < -0.3 is 10.1 Å². The van der Waals surface area contributed by atoms with Gasteiger partial charge in [-0.25, -0.2) is 0 Å². The van der Waals surface area contributed by atoms with E-state index in [1.165, 1.54) is 5.56 Å². The maximum Gasteiger partial charge on any atom is 0.0983 e. The third kappa shape index (κ3) is 2.90. The first-order valence-corrected chi connectivity index (χ1v) is 7.00. The summed E-state index contributed by atoms with van der Waals surface area (Å²) in [6, 6.07) is 8.77. The van der Waals surface area contributed by atoms with Gasteiger partial charge >= 0.3 is 0 Å². The molecule has 0 bridgehead atoms. The number of benzene rings is 1. The lowest BCUT2D eigenvalue weighted by molar-refractivity contribution is -0.126. The minimum Gasteiger partial charge on any atom is -0.364 e. The zero-order valence-corrected chi connectivity index (χ0v) is 12.3. The maximum atomic E-state index is 6.28. The standard InChI is InChI=1S/C14H20BrNO/c1-4-14(3)9-16-10(2)13(17-14)11-5-7-12(15)8-6-11/h5-8,10,13,16H,4,9H2,1-3H3. The van der Waals surface area contributed by atoms with Crippen molar-refractivity contribution in [2.24, 2.45) is 0 Å². The van der Waals surface area contributed by atoms with Crippen LogP contribution in [0.1, 0.15) is 38.9 Å². The molecule has 0 amide bonds. The summed E-state index contributed by atoms with van der Waals surface area (Å²) in [7, 11) is 0. The number of hydrogen-bond acceptors (Lipinski definition) is 2. The van der Waals surface area contributed by atoms with Crippen LogP contribution in [0.2, 0.25) is 0 Å². The highest BCUT2D eigenvalue weighted by Gasteiger charge is 2.35. The Kier molecular flexibility index (Phi) is 3.91. The van der Waals surface area contributed by atoms with Crippen molar-refractivity contribution in [2.45, 2.75) is 44.9 Å². The number of morpholine rings is 1. The predicted octanol–water partition coefficient (Wildman–Crippen LogP) is 3.67. The van der Waals surface area contributed by atoms with E-state index in [1.807, 2.05) is 0 Å². The Balaban J connectivity index is 2.20. The van der Waals surface area contributed by atoms with E-state index in [4.69, 9.17) is 4.74 Å². The van der Waals surface area contributed by atoms with Crippen molar-refractivity contribution in [3.8, 4) is 0 Å². The molecule has 1 fully saturated rings. The van der Waals surface area contributed by atoms with Gasteiger partial charge in [0, 0.05) is 17.1 Å². The molecule has 1 aliphatic rings. The van der Waals surface area contributed by atoms with Crippen LogP contribution in [0.4, 0.5) is 0 Å². The van der Waals surface area contributed by atoms with Crippen LogP contribution in [0.5, 0.6) is 0 Å². The molecule has 2 nitrogen and oxygen atoms in total. The van der Waals surface area contributed by atoms with Crippen LogP contribution in [0.15, 0.2) is 28.7 Å². The Hall–Kier alpha value is -0.380. The van der Waals surface area contributed by atoms with Crippen molar-refractivity contribution < 1.29 is 4.74 Å². The molecule has 0 saturated carbocycles. The summed E-state index contributed by atoms with van der Waals surface area (Å²) >= 11 is 3.46. The highest BCUT2D eigenvalue weighted by Crippen LogP contribution is 2.33. The van der Waals surface area contributed by atoms with Gasteiger partial charge in [0.15, 0.2) is 0 Å². The molecular weight excluding hydrogens is 278 g/mol. The van der Waals surface area contributed by atoms with Crippen molar-refractivity contribution in [3.63, 3.8) is 0 Å². The van der Waals surface area contributed by atoms with E-state index in [2.05, 4.69) is 66.3 Å². The fourth-order valence-corrected chi connectivity index (χ4v) is 2.42. The molecule has 1 aromatic rings. The molecule has 3 unspecified atom stereocenters. The van der Waals surface area contributed by atoms with Gasteiger partial charge in [0.25, 0.3) is 0 Å². The molecule has 0 aromatic heterocycles. The molecule has 1 heterocycles. The lowest BCUT2D eigenvalue weighted by Crippen LogP contribution is -2.52. The normalized spacial score (nSPS) is 33.6. The lowest BCUT2D eigenvalue weighted by atomic mass is 9.95. The van der Waals surface area contributed by atoms with E-state index < -0.39 is 0 Å². The summed E-state index contributed by atoms with van der Waals surface area (Å²) < 4.78 is 7.39. The summed E-state index contributed by atoms with van der Waals surface area (Å²) in [6.07, 6.45) is 1.17. The summed E-state index contributed by atoms with van der Waals surface area (Å²) in [5.41, 5.74) is 1.19. The van der Waals surface area contributed by atoms with Gasteiger partial charge in [-0.3, -0.25) is 0 Å². The van der Waals surface area contributed by atoms with Gasteiger partial charge in [-0.05, 0) is 38.0 Å². The summed E-state index contributed by atoms with van der Waals surface area (Å²) in [5, 5.41) is 3.55. The topological polar surface area (TPSA) is 21.3 Å². The van der Waals surface area contributed by atoms with Crippen LogP contribution < -0.4 is 5.32 Å². The first kappa shape index (κ1) is 13.1. The SMILES string of the molecule is CCC1(C)CNC(C)C(c2ccc(Br)cc2)O1. The minimum absolute atomic E-state index is 0.0513. The van der Waals surface area contributed by atoms with Crippen molar-refractivity contribution >= 4 is 15.9 Å². The Labute approximate surface area is 112 Å². The average Bonchev–Trinajstić information content (AvgIpc) is 2.34. The summed E-state index contributed by atoms with van der Waals surface area (Å²) in [5.74, 6) is 0. The van der Waals surface area contributed by atoms with Crippen molar-refractivity contribution in [2.75, 3.05) is 6.54 Å². The first-order valence-electron chi connectivity index (χ1n) is 6.21. The summed E-state index contributed by atoms with van der Waals surface area (Å²) in [4.78, 5) is 0. The van der Waals surface area contributed by atoms with Crippen molar-refractivity contribution in [1.82, 2.24) is 5.32 Å². The number of ether oxygens (including phenoxy) is 1. The molecule has 1 N–H and O–H groups in total. The third-order valence-corrected chi connectivity index (χ3v) is 4.14. The summed E-state index contributed by atoms with van der Waals surface area (Å²) in [6.45, 7) is 7.47. The van der Waals surface area contributed by atoms with Crippen LogP contribution in [0.25, 0.3) is 0 Å². The number of hydrogen-bond donors (Lipinski definition) is 1. The van der Waals surface area contributed by atoms with Crippen LogP contribution >= 0.6 is 15.9 Å². The molecule has 2 rings (SSSR count). The fraction of sp³-hybridized carbons (Fsp3) is 0.571. The van der Waals surface area contributed by atoms with Crippen LogP contribution in [0, 0.1) is 0 Å². The Morgan fingerprint density at radius 2 is 2.06 bits per heavy atom. The predicted molar refractivity (Wildman–Crippen MR) is 74.1 cm³/mol. The van der Waals surface area contributed by atoms with Crippen molar-refractivity contribution in [3.05, 3.63) is 34.3 Å². The van der Waals surface area contributed by atoms with Gasteiger partial charge in [0.1, 0.15) is 0 Å². The minimum atomic E-state index is -0.0513. The Bertz CT molecular complexity index is 378. The molecule has 1 aliphatic heterocycles. The van der Waals surface area contributed by atoms with Gasteiger partial charge in [-0.2, -0.15) is 0 Å². The number of rotatable bonds is 2.